The van der Waals surface area contributed by atoms with Crippen LogP contribution in [-0.4, -0.2) is 40.8 Å². The molecule has 0 radical (unpaired) electrons. The van der Waals surface area contributed by atoms with E-state index < -0.39 is 11.3 Å². The number of amidine groups is 1. The quantitative estimate of drug-likeness (QED) is 0.222. The van der Waals surface area contributed by atoms with E-state index in [0.29, 0.717) is 19.4 Å². The third-order valence-corrected chi connectivity index (χ3v) is 3.98. The van der Waals surface area contributed by atoms with Gasteiger partial charge in [-0.1, -0.05) is 30.8 Å². The molecular formula is C13H24N4O3. The third kappa shape index (κ3) is 3.40. The van der Waals surface area contributed by atoms with Gasteiger partial charge < -0.3 is 21.6 Å². The number of carbonyl (C=O) groups excluding carboxylic acids is 2. The molecule has 2 amide bonds. The number of oxime groups is 1. The van der Waals surface area contributed by atoms with Crippen molar-refractivity contribution >= 4 is 17.6 Å². The number of carbonyl (C=O) groups is 2. The first kappa shape index (κ1) is 16.3. The predicted molar refractivity (Wildman–Crippen MR) is 75.0 cm³/mol. The van der Waals surface area contributed by atoms with E-state index in [-0.39, 0.29) is 18.3 Å². The van der Waals surface area contributed by atoms with Crippen molar-refractivity contribution in [3.05, 3.63) is 0 Å². The molecule has 1 fully saturated rings. The second kappa shape index (κ2) is 7.12. The van der Waals surface area contributed by atoms with E-state index in [1.165, 1.54) is 4.90 Å². The van der Waals surface area contributed by atoms with Gasteiger partial charge in [-0.3, -0.25) is 9.59 Å². The summed E-state index contributed by atoms with van der Waals surface area (Å²) >= 11 is 0. The van der Waals surface area contributed by atoms with E-state index in [1.807, 2.05) is 0 Å². The van der Waals surface area contributed by atoms with Gasteiger partial charge in [-0.25, -0.2) is 0 Å². The van der Waals surface area contributed by atoms with Crippen LogP contribution >= 0.6 is 0 Å². The van der Waals surface area contributed by atoms with E-state index in [2.05, 4.69) is 5.16 Å². The Balaban J connectivity index is 3.08. The number of nitrogens with zero attached hydrogens (tertiary/aromatic N) is 2. The summed E-state index contributed by atoms with van der Waals surface area (Å²) in [5.74, 6) is -0.896. The van der Waals surface area contributed by atoms with Crippen molar-refractivity contribution in [3.63, 3.8) is 0 Å². The van der Waals surface area contributed by atoms with Crippen LogP contribution in [0.15, 0.2) is 5.16 Å². The van der Waals surface area contributed by atoms with Crippen molar-refractivity contribution in [1.29, 1.82) is 0 Å². The van der Waals surface area contributed by atoms with Gasteiger partial charge in [0.05, 0.1) is 6.54 Å². The predicted octanol–water partition coefficient (Wildman–Crippen LogP) is 0.407. The molecule has 0 unspecified atom stereocenters. The Morgan fingerprint density at radius 3 is 2.15 bits per heavy atom. The molecule has 0 aliphatic heterocycles. The van der Waals surface area contributed by atoms with E-state index in [4.69, 9.17) is 16.7 Å². The van der Waals surface area contributed by atoms with Crippen molar-refractivity contribution < 1.29 is 14.8 Å². The highest BCUT2D eigenvalue weighted by molar-refractivity contribution is 6.07. The molecule has 5 N–H and O–H groups in total. The van der Waals surface area contributed by atoms with Gasteiger partial charge in [0.25, 0.3) is 0 Å². The first-order chi connectivity index (χ1) is 9.47. The van der Waals surface area contributed by atoms with Crippen LogP contribution in [0.2, 0.25) is 0 Å². The molecule has 1 aliphatic rings. The number of likely N-dealkylation sites (N-methyl/N-ethyl adjacent to an activating group) is 1. The molecule has 0 heterocycles. The molecular weight excluding hydrogens is 260 g/mol. The molecule has 0 saturated heterocycles. The van der Waals surface area contributed by atoms with Crippen LogP contribution < -0.4 is 11.5 Å². The third-order valence-electron chi connectivity index (χ3n) is 3.98. The highest BCUT2D eigenvalue weighted by Crippen LogP contribution is 2.37. The topological polar surface area (TPSA) is 122 Å². The molecule has 0 atom stereocenters. The van der Waals surface area contributed by atoms with E-state index >= 15 is 0 Å². The zero-order valence-electron chi connectivity index (χ0n) is 12.0. The lowest BCUT2D eigenvalue weighted by Crippen LogP contribution is -2.53. The summed E-state index contributed by atoms with van der Waals surface area (Å²) in [6, 6.07) is 0. The minimum absolute atomic E-state index is 0.0627. The van der Waals surface area contributed by atoms with Crippen LogP contribution in [0.4, 0.5) is 0 Å². The largest absolute Gasteiger partial charge is 0.409 e. The Kier molecular flexibility index (Phi) is 5.79. The molecule has 0 spiro atoms. The number of rotatable bonds is 5. The van der Waals surface area contributed by atoms with E-state index in [0.717, 1.165) is 25.7 Å². The van der Waals surface area contributed by atoms with Crippen LogP contribution in [-0.2, 0) is 9.59 Å². The number of hydrogen-bond acceptors (Lipinski definition) is 4. The average molecular weight is 284 g/mol. The summed E-state index contributed by atoms with van der Waals surface area (Å²) in [5, 5.41) is 12.1. The molecule has 20 heavy (non-hydrogen) atoms. The van der Waals surface area contributed by atoms with Gasteiger partial charge in [-0.2, -0.15) is 0 Å². The zero-order valence-corrected chi connectivity index (χ0v) is 12.0. The average Bonchev–Trinajstić information content (AvgIpc) is 2.69. The van der Waals surface area contributed by atoms with Gasteiger partial charge in [0.15, 0.2) is 5.84 Å². The standard InChI is InChI=1S/C13H24N4O3/c1-2-17(9-10(14)18)12(19)13(11(15)16-20)7-5-3-4-6-8-13/h20H,2-9H2,1H3,(H2,14,18)(H2,15,16). The fraction of sp³-hybridized carbons (Fsp3) is 0.769. The second-order valence-electron chi connectivity index (χ2n) is 5.27. The number of primary amides is 1. The highest BCUT2D eigenvalue weighted by atomic mass is 16.4. The number of hydrogen-bond donors (Lipinski definition) is 3. The molecule has 1 saturated carbocycles. The summed E-state index contributed by atoms with van der Waals surface area (Å²) in [4.78, 5) is 25.3. The molecule has 0 bridgehead atoms. The molecule has 1 aliphatic carbocycles. The fourth-order valence-electron chi connectivity index (χ4n) is 2.83. The smallest absolute Gasteiger partial charge is 0.237 e. The van der Waals surface area contributed by atoms with Gasteiger partial charge in [-0.05, 0) is 19.8 Å². The van der Waals surface area contributed by atoms with Crippen molar-refractivity contribution in [2.45, 2.75) is 45.4 Å². The Morgan fingerprint density at radius 1 is 1.20 bits per heavy atom. The highest BCUT2D eigenvalue weighted by Gasteiger charge is 2.45. The number of nitrogens with two attached hydrogens (primary N) is 2. The van der Waals surface area contributed by atoms with Crippen LogP contribution in [0.3, 0.4) is 0 Å². The van der Waals surface area contributed by atoms with Gasteiger partial charge >= 0.3 is 0 Å². The van der Waals surface area contributed by atoms with Gasteiger partial charge in [0.1, 0.15) is 5.41 Å². The lowest BCUT2D eigenvalue weighted by Gasteiger charge is -2.34. The maximum atomic E-state index is 12.8. The normalized spacial score (nSPS) is 19.1. The first-order valence-electron chi connectivity index (χ1n) is 7.03. The monoisotopic (exact) mass is 284 g/mol. The van der Waals surface area contributed by atoms with Crippen LogP contribution in [0.1, 0.15) is 45.4 Å². The molecule has 0 aromatic carbocycles. The Bertz CT molecular complexity index is 387. The molecule has 1 rings (SSSR count). The molecule has 7 nitrogen and oxygen atoms in total. The zero-order chi connectivity index (χ0) is 15.2. The number of amides is 2. The van der Waals surface area contributed by atoms with Crippen molar-refractivity contribution in [3.8, 4) is 0 Å². The summed E-state index contributed by atoms with van der Waals surface area (Å²) in [6.07, 6.45) is 4.81. The van der Waals surface area contributed by atoms with Crippen LogP contribution in [0, 0.1) is 5.41 Å². The fourth-order valence-corrected chi connectivity index (χ4v) is 2.83. The van der Waals surface area contributed by atoms with Crippen LogP contribution in [0.25, 0.3) is 0 Å². The Morgan fingerprint density at radius 2 is 1.75 bits per heavy atom. The lowest BCUT2D eigenvalue weighted by molar-refractivity contribution is -0.141. The van der Waals surface area contributed by atoms with Crippen molar-refractivity contribution in [2.75, 3.05) is 13.1 Å². The molecule has 0 aromatic rings. The molecule has 114 valence electrons. The van der Waals surface area contributed by atoms with E-state index in [9.17, 15) is 9.59 Å². The maximum Gasteiger partial charge on any atom is 0.237 e. The first-order valence-corrected chi connectivity index (χ1v) is 7.03. The molecule has 0 aromatic heterocycles. The Hall–Kier alpha value is -1.79. The van der Waals surface area contributed by atoms with Gasteiger partial charge in [-0.15, -0.1) is 0 Å². The summed E-state index contributed by atoms with van der Waals surface area (Å²) in [5.41, 5.74) is 9.98. The van der Waals surface area contributed by atoms with Crippen molar-refractivity contribution in [1.82, 2.24) is 4.90 Å². The maximum absolute atomic E-state index is 12.8. The summed E-state index contributed by atoms with van der Waals surface area (Å²) < 4.78 is 0. The SMILES string of the molecule is CCN(CC(N)=O)C(=O)C1(C(N)=NO)CCCCCC1. The molecule has 7 heteroatoms. The second-order valence-corrected chi connectivity index (χ2v) is 5.27. The van der Waals surface area contributed by atoms with Crippen LogP contribution in [0.5, 0.6) is 0 Å². The lowest BCUT2D eigenvalue weighted by atomic mass is 9.77. The van der Waals surface area contributed by atoms with Gasteiger partial charge in [0, 0.05) is 6.54 Å². The summed E-state index contributed by atoms with van der Waals surface area (Å²) in [7, 11) is 0. The van der Waals surface area contributed by atoms with E-state index in [1.54, 1.807) is 6.92 Å². The Labute approximate surface area is 119 Å². The minimum Gasteiger partial charge on any atom is -0.409 e. The summed E-state index contributed by atoms with van der Waals surface area (Å²) in [6.45, 7) is 2.00. The minimum atomic E-state index is -1.00. The van der Waals surface area contributed by atoms with Gasteiger partial charge in [0.2, 0.25) is 11.8 Å². The van der Waals surface area contributed by atoms with Crippen molar-refractivity contribution in [2.24, 2.45) is 22.0 Å².